The first-order valence-electron chi connectivity index (χ1n) is 4.79. The second-order valence-electron chi connectivity index (χ2n) is 3.28. The fourth-order valence-corrected chi connectivity index (χ4v) is 0.921. The third-order valence-electron chi connectivity index (χ3n) is 1.72. The zero-order valence-corrected chi connectivity index (χ0v) is 9.25. The second-order valence-corrected chi connectivity index (χ2v) is 3.28. The van der Waals surface area contributed by atoms with E-state index in [4.69, 9.17) is 11.6 Å². The standard InChI is InChI=1S/C9H20N4O2/c1-7(14)5-9(10)13-6-12-4-3-8(2)15-11/h3,9,12-13H,4-6,10-11H2,1-2H3/b8-3-/t9-/m1/s1. The Morgan fingerprint density at radius 3 is 2.73 bits per heavy atom. The summed E-state index contributed by atoms with van der Waals surface area (Å²) in [5.41, 5.74) is 5.61. The van der Waals surface area contributed by atoms with Crippen molar-refractivity contribution in [2.45, 2.75) is 26.4 Å². The van der Waals surface area contributed by atoms with Crippen LogP contribution in [0.25, 0.3) is 0 Å². The highest BCUT2D eigenvalue weighted by atomic mass is 16.6. The molecule has 0 unspecified atom stereocenters. The molecule has 0 saturated heterocycles. The first kappa shape index (κ1) is 14.1. The van der Waals surface area contributed by atoms with Crippen LogP contribution in [0.3, 0.4) is 0 Å². The van der Waals surface area contributed by atoms with Crippen LogP contribution >= 0.6 is 0 Å². The molecular formula is C9H20N4O2. The van der Waals surface area contributed by atoms with E-state index >= 15 is 0 Å². The van der Waals surface area contributed by atoms with Crippen molar-refractivity contribution in [1.29, 1.82) is 0 Å². The summed E-state index contributed by atoms with van der Waals surface area (Å²) < 4.78 is 0. The maximum atomic E-state index is 10.7. The zero-order chi connectivity index (χ0) is 11.7. The molecule has 1 atom stereocenters. The zero-order valence-electron chi connectivity index (χ0n) is 9.25. The van der Waals surface area contributed by atoms with E-state index in [0.717, 1.165) is 0 Å². The smallest absolute Gasteiger partial charge is 0.132 e. The van der Waals surface area contributed by atoms with Gasteiger partial charge in [0.1, 0.15) is 11.5 Å². The summed E-state index contributed by atoms with van der Waals surface area (Å²) in [5, 5.41) is 5.99. The lowest BCUT2D eigenvalue weighted by Gasteiger charge is -2.12. The van der Waals surface area contributed by atoms with Gasteiger partial charge in [0, 0.05) is 19.6 Å². The molecule has 0 aromatic heterocycles. The third-order valence-corrected chi connectivity index (χ3v) is 1.72. The Labute approximate surface area is 90.0 Å². The molecular weight excluding hydrogens is 196 g/mol. The lowest BCUT2D eigenvalue weighted by Crippen LogP contribution is -2.43. The molecule has 0 aromatic rings. The second kappa shape index (κ2) is 8.37. The summed E-state index contributed by atoms with van der Waals surface area (Å²) in [6.07, 6.45) is 1.84. The first-order chi connectivity index (χ1) is 7.06. The largest absolute Gasteiger partial charge is 0.417 e. The lowest BCUT2D eigenvalue weighted by atomic mass is 10.3. The Kier molecular flexibility index (Phi) is 7.84. The molecule has 88 valence electrons. The van der Waals surface area contributed by atoms with Crippen LogP contribution in [0.1, 0.15) is 20.3 Å². The highest BCUT2D eigenvalue weighted by molar-refractivity contribution is 5.75. The number of ketones is 1. The predicted octanol–water partition coefficient (Wildman–Crippen LogP) is -0.819. The molecule has 0 saturated carbocycles. The number of hydrogen-bond donors (Lipinski definition) is 4. The normalized spacial score (nSPS) is 13.7. The van der Waals surface area contributed by atoms with Crippen molar-refractivity contribution >= 4 is 5.78 Å². The number of Topliss-reactive ketones (excluding diaryl/α,β-unsaturated/α-hetero) is 1. The maximum absolute atomic E-state index is 10.7. The average molecular weight is 216 g/mol. The number of rotatable bonds is 8. The molecule has 0 bridgehead atoms. The molecule has 6 N–H and O–H groups in total. The topological polar surface area (TPSA) is 102 Å². The van der Waals surface area contributed by atoms with E-state index in [9.17, 15) is 4.79 Å². The summed E-state index contributed by atoms with van der Waals surface area (Å²) in [4.78, 5) is 15.2. The summed E-state index contributed by atoms with van der Waals surface area (Å²) in [6, 6.07) is 0. The van der Waals surface area contributed by atoms with Gasteiger partial charge in [-0.1, -0.05) is 0 Å². The van der Waals surface area contributed by atoms with E-state index < -0.39 is 0 Å². The minimum absolute atomic E-state index is 0.0715. The number of nitrogens with one attached hydrogen (secondary N) is 2. The minimum Gasteiger partial charge on any atom is -0.417 e. The number of allylic oxidation sites excluding steroid dienone is 1. The van der Waals surface area contributed by atoms with Crippen LogP contribution in [0.2, 0.25) is 0 Å². The Morgan fingerprint density at radius 2 is 2.20 bits per heavy atom. The molecule has 15 heavy (non-hydrogen) atoms. The van der Waals surface area contributed by atoms with Crippen molar-refractivity contribution in [3.05, 3.63) is 11.8 Å². The van der Waals surface area contributed by atoms with Crippen LogP contribution in [0.4, 0.5) is 0 Å². The van der Waals surface area contributed by atoms with Gasteiger partial charge in [0.15, 0.2) is 0 Å². The van der Waals surface area contributed by atoms with Crippen molar-refractivity contribution in [3.8, 4) is 0 Å². The van der Waals surface area contributed by atoms with Gasteiger partial charge in [-0.05, 0) is 19.9 Å². The molecule has 0 radical (unpaired) electrons. The van der Waals surface area contributed by atoms with Gasteiger partial charge in [0.2, 0.25) is 0 Å². The molecule has 6 nitrogen and oxygen atoms in total. The van der Waals surface area contributed by atoms with Crippen molar-refractivity contribution in [1.82, 2.24) is 10.6 Å². The first-order valence-corrected chi connectivity index (χ1v) is 4.79. The van der Waals surface area contributed by atoms with Crippen molar-refractivity contribution in [2.24, 2.45) is 11.6 Å². The minimum atomic E-state index is -0.300. The fraction of sp³-hybridized carbons (Fsp3) is 0.667. The van der Waals surface area contributed by atoms with Gasteiger partial charge in [0.05, 0.1) is 6.17 Å². The van der Waals surface area contributed by atoms with Gasteiger partial charge in [0.25, 0.3) is 0 Å². The van der Waals surface area contributed by atoms with Gasteiger partial charge < -0.3 is 15.9 Å². The lowest BCUT2D eigenvalue weighted by molar-refractivity contribution is -0.117. The summed E-state index contributed by atoms with van der Waals surface area (Å²) in [7, 11) is 0. The molecule has 0 heterocycles. The molecule has 0 aliphatic carbocycles. The van der Waals surface area contributed by atoms with E-state index in [1.165, 1.54) is 6.92 Å². The van der Waals surface area contributed by atoms with Crippen LogP contribution in [0.5, 0.6) is 0 Å². The van der Waals surface area contributed by atoms with E-state index in [2.05, 4.69) is 15.5 Å². The van der Waals surface area contributed by atoms with E-state index in [-0.39, 0.29) is 11.9 Å². The quantitative estimate of drug-likeness (QED) is 0.183. The van der Waals surface area contributed by atoms with Gasteiger partial charge in [-0.15, -0.1) is 0 Å². The Balaban J connectivity index is 3.42. The summed E-state index contributed by atoms with van der Waals surface area (Å²) in [5.74, 6) is 5.64. The van der Waals surface area contributed by atoms with Crippen LogP contribution in [-0.4, -0.2) is 25.2 Å². The van der Waals surface area contributed by atoms with Crippen molar-refractivity contribution < 1.29 is 9.63 Å². The van der Waals surface area contributed by atoms with Gasteiger partial charge >= 0.3 is 0 Å². The third kappa shape index (κ3) is 9.36. The molecule has 6 heteroatoms. The molecule has 0 amide bonds. The number of hydrogen-bond acceptors (Lipinski definition) is 6. The van der Waals surface area contributed by atoms with Gasteiger partial charge in [-0.3, -0.25) is 10.1 Å². The maximum Gasteiger partial charge on any atom is 0.132 e. The number of carbonyl (C=O) groups is 1. The van der Waals surface area contributed by atoms with Crippen LogP contribution in [0, 0.1) is 0 Å². The average Bonchev–Trinajstić information content (AvgIpc) is 2.15. The molecule has 0 rings (SSSR count). The summed E-state index contributed by atoms with van der Waals surface area (Å²) >= 11 is 0. The highest BCUT2D eigenvalue weighted by Crippen LogP contribution is 1.87. The highest BCUT2D eigenvalue weighted by Gasteiger charge is 2.02. The number of carbonyl (C=O) groups excluding carboxylic acids is 1. The fourth-order valence-electron chi connectivity index (χ4n) is 0.921. The van der Waals surface area contributed by atoms with Gasteiger partial charge in [-0.2, -0.15) is 5.90 Å². The van der Waals surface area contributed by atoms with E-state index in [1.807, 2.05) is 0 Å². The number of nitrogens with two attached hydrogens (primary N) is 2. The predicted molar refractivity (Wildman–Crippen MR) is 58.3 cm³/mol. The SMILES string of the molecule is CC(=O)C[C@H](N)NCNC/C=C(/C)ON. The van der Waals surface area contributed by atoms with Gasteiger partial charge in [-0.25, -0.2) is 0 Å². The molecule has 0 fully saturated rings. The summed E-state index contributed by atoms with van der Waals surface area (Å²) in [6.45, 7) is 4.43. The Bertz CT molecular complexity index is 218. The van der Waals surface area contributed by atoms with Crippen LogP contribution < -0.4 is 22.3 Å². The molecule has 0 aromatic carbocycles. The van der Waals surface area contributed by atoms with Crippen LogP contribution in [-0.2, 0) is 9.63 Å². The van der Waals surface area contributed by atoms with E-state index in [1.54, 1.807) is 13.0 Å². The van der Waals surface area contributed by atoms with Crippen molar-refractivity contribution in [2.75, 3.05) is 13.2 Å². The van der Waals surface area contributed by atoms with Crippen molar-refractivity contribution in [3.63, 3.8) is 0 Å². The molecule has 0 aliphatic heterocycles. The van der Waals surface area contributed by atoms with Crippen LogP contribution in [0.15, 0.2) is 11.8 Å². The molecule has 0 spiro atoms. The monoisotopic (exact) mass is 216 g/mol. The Hall–Kier alpha value is -0.950. The molecule has 0 aliphatic rings. The van der Waals surface area contributed by atoms with E-state index in [0.29, 0.717) is 25.4 Å². The Morgan fingerprint density at radius 1 is 1.53 bits per heavy atom.